The number of fused-ring (bicyclic) bond motifs is 2. The first-order chi connectivity index (χ1) is 17.0. The van der Waals surface area contributed by atoms with Crippen LogP contribution in [0.2, 0.25) is 0 Å². The van der Waals surface area contributed by atoms with Gasteiger partial charge >= 0.3 is 0 Å². The number of rotatable bonds is 7. The minimum Gasteiger partial charge on any atom is -0.310 e. The molecule has 8 heteroatoms. The van der Waals surface area contributed by atoms with Crippen LogP contribution >= 0.6 is 11.8 Å². The van der Waals surface area contributed by atoms with Crippen LogP contribution in [0.4, 0.5) is 5.82 Å². The molecule has 0 saturated heterocycles. The number of pyridine rings is 1. The standard InChI is InChI=1S/C27H27N5O2S/c1-3-27(24-26-29-14-16-32(26)15-13-28-24)12-11-21-20(25(27)34)9-10-22(30-21)31-23(33)17-18-5-7-19(8-6-18)35-4-2/h5-10,13-16H,3-4,11-12,17H2,1-2H3,(H,30,31,33). The molecule has 178 valence electrons. The van der Waals surface area contributed by atoms with E-state index in [1.54, 1.807) is 36.3 Å². The minimum absolute atomic E-state index is 0.0141. The van der Waals surface area contributed by atoms with E-state index in [0.717, 1.165) is 11.3 Å². The Bertz CT molecular complexity index is 1400. The van der Waals surface area contributed by atoms with E-state index >= 15 is 0 Å². The van der Waals surface area contributed by atoms with Gasteiger partial charge in [0.15, 0.2) is 11.4 Å². The monoisotopic (exact) mass is 485 g/mol. The van der Waals surface area contributed by atoms with E-state index in [1.165, 1.54) is 4.90 Å². The summed E-state index contributed by atoms with van der Waals surface area (Å²) in [6.07, 6.45) is 9.26. The second-order valence-electron chi connectivity index (χ2n) is 8.69. The number of aryl methyl sites for hydroxylation is 1. The molecule has 1 aliphatic carbocycles. The van der Waals surface area contributed by atoms with Crippen LogP contribution < -0.4 is 5.32 Å². The molecule has 0 aliphatic heterocycles. The van der Waals surface area contributed by atoms with Crippen LogP contribution in [0.1, 0.15) is 54.0 Å². The van der Waals surface area contributed by atoms with Gasteiger partial charge in [0.25, 0.3) is 0 Å². The van der Waals surface area contributed by atoms with Crippen LogP contribution in [-0.2, 0) is 23.1 Å². The molecule has 1 aliphatic rings. The summed E-state index contributed by atoms with van der Waals surface area (Å²) in [5, 5.41) is 2.89. The fraction of sp³-hybridized carbons (Fsp3) is 0.296. The largest absolute Gasteiger partial charge is 0.310 e. The number of carbonyl (C=O) groups excluding carboxylic acids is 2. The molecule has 1 amide bonds. The summed E-state index contributed by atoms with van der Waals surface area (Å²) in [6, 6.07) is 11.5. The number of imidazole rings is 1. The van der Waals surface area contributed by atoms with E-state index in [-0.39, 0.29) is 18.1 Å². The first kappa shape index (κ1) is 23.2. The van der Waals surface area contributed by atoms with Gasteiger partial charge in [-0.25, -0.2) is 9.97 Å². The van der Waals surface area contributed by atoms with Crippen LogP contribution in [-0.4, -0.2) is 36.8 Å². The van der Waals surface area contributed by atoms with Gasteiger partial charge < -0.3 is 9.72 Å². The maximum absolute atomic E-state index is 13.8. The number of hydrogen-bond donors (Lipinski definition) is 1. The number of hydrogen-bond acceptors (Lipinski definition) is 6. The Morgan fingerprint density at radius 1 is 1.09 bits per heavy atom. The molecule has 7 nitrogen and oxygen atoms in total. The van der Waals surface area contributed by atoms with Crippen molar-refractivity contribution in [2.24, 2.45) is 0 Å². The zero-order valence-electron chi connectivity index (χ0n) is 19.8. The molecule has 5 rings (SSSR count). The summed E-state index contributed by atoms with van der Waals surface area (Å²) in [6.45, 7) is 4.14. The zero-order valence-corrected chi connectivity index (χ0v) is 20.6. The van der Waals surface area contributed by atoms with Gasteiger partial charge in [-0.2, -0.15) is 0 Å². The maximum Gasteiger partial charge on any atom is 0.229 e. The zero-order chi connectivity index (χ0) is 24.4. The van der Waals surface area contributed by atoms with Gasteiger partial charge in [0, 0.05) is 35.2 Å². The van der Waals surface area contributed by atoms with Gasteiger partial charge in [0.05, 0.1) is 23.2 Å². The molecular weight excluding hydrogens is 458 g/mol. The van der Waals surface area contributed by atoms with Gasteiger partial charge in [-0.15, -0.1) is 11.8 Å². The van der Waals surface area contributed by atoms with Crippen LogP contribution in [0.15, 0.2) is 66.1 Å². The number of thioether (sulfide) groups is 1. The summed E-state index contributed by atoms with van der Waals surface area (Å²) in [7, 11) is 0. The van der Waals surface area contributed by atoms with E-state index in [4.69, 9.17) is 0 Å². The maximum atomic E-state index is 13.8. The van der Waals surface area contributed by atoms with Crippen molar-refractivity contribution >= 4 is 34.9 Å². The van der Waals surface area contributed by atoms with Gasteiger partial charge in [-0.05, 0) is 54.8 Å². The van der Waals surface area contributed by atoms with Crippen molar-refractivity contribution in [2.75, 3.05) is 11.1 Å². The average molecular weight is 486 g/mol. The first-order valence-corrected chi connectivity index (χ1v) is 12.9. The Morgan fingerprint density at radius 3 is 2.60 bits per heavy atom. The van der Waals surface area contributed by atoms with Crippen molar-refractivity contribution in [2.45, 2.75) is 49.8 Å². The lowest BCUT2D eigenvalue weighted by Crippen LogP contribution is -2.41. The molecule has 3 heterocycles. The van der Waals surface area contributed by atoms with Crippen molar-refractivity contribution in [1.29, 1.82) is 0 Å². The number of carbonyl (C=O) groups is 2. The number of anilines is 1. The molecule has 0 spiro atoms. The number of aromatic nitrogens is 4. The van der Waals surface area contributed by atoms with Crippen molar-refractivity contribution in [3.8, 4) is 0 Å². The normalized spacial score (nSPS) is 17.4. The fourth-order valence-corrected chi connectivity index (χ4v) is 5.50. The van der Waals surface area contributed by atoms with Gasteiger partial charge in [0.2, 0.25) is 5.91 Å². The summed E-state index contributed by atoms with van der Waals surface area (Å²) < 4.78 is 1.90. The van der Waals surface area contributed by atoms with E-state index in [1.807, 2.05) is 48.0 Å². The molecule has 1 N–H and O–H groups in total. The molecule has 35 heavy (non-hydrogen) atoms. The topological polar surface area (TPSA) is 89.2 Å². The molecule has 0 radical (unpaired) electrons. The highest BCUT2D eigenvalue weighted by molar-refractivity contribution is 7.99. The quantitative estimate of drug-likeness (QED) is 0.375. The van der Waals surface area contributed by atoms with E-state index in [0.29, 0.717) is 47.7 Å². The van der Waals surface area contributed by atoms with Crippen molar-refractivity contribution < 1.29 is 9.59 Å². The lowest BCUT2D eigenvalue weighted by atomic mass is 9.68. The Kier molecular flexibility index (Phi) is 6.38. The SMILES string of the molecule is CCSc1ccc(CC(=O)Nc2ccc3c(n2)CCC(CC)(c2nccn4ccnc24)C3=O)cc1. The summed E-state index contributed by atoms with van der Waals surface area (Å²) in [5.41, 5.74) is 2.94. The molecule has 3 aromatic heterocycles. The number of amides is 1. The minimum atomic E-state index is -0.741. The highest BCUT2D eigenvalue weighted by Crippen LogP contribution is 2.41. The van der Waals surface area contributed by atoms with Gasteiger partial charge in [-0.3, -0.25) is 14.6 Å². The molecule has 0 fully saturated rings. The molecule has 4 aromatic rings. The van der Waals surface area contributed by atoms with Crippen LogP contribution in [0.3, 0.4) is 0 Å². The molecule has 1 atom stereocenters. The molecular formula is C27H27N5O2S. The molecule has 1 unspecified atom stereocenters. The van der Waals surface area contributed by atoms with Gasteiger partial charge in [-0.1, -0.05) is 26.0 Å². The van der Waals surface area contributed by atoms with Crippen LogP contribution in [0.5, 0.6) is 0 Å². The Labute approximate surface area is 208 Å². The summed E-state index contributed by atoms with van der Waals surface area (Å²) in [5.74, 6) is 1.37. The van der Waals surface area contributed by atoms with E-state index in [2.05, 4.69) is 27.2 Å². The van der Waals surface area contributed by atoms with Crippen LogP contribution in [0, 0.1) is 0 Å². The third kappa shape index (κ3) is 4.34. The highest BCUT2D eigenvalue weighted by atomic mass is 32.2. The second kappa shape index (κ2) is 9.62. The smallest absolute Gasteiger partial charge is 0.229 e. The lowest BCUT2D eigenvalue weighted by molar-refractivity contribution is -0.115. The molecule has 0 bridgehead atoms. The fourth-order valence-electron chi connectivity index (χ4n) is 4.84. The third-order valence-electron chi connectivity index (χ3n) is 6.68. The lowest BCUT2D eigenvalue weighted by Gasteiger charge is -2.35. The Balaban J connectivity index is 1.35. The molecule has 1 aromatic carbocycles. The predicted molar refractivity (Wildman–Crippen MR) is 137 cm³/mol. The first-order valence-electron chi connectivity index (χ1n) is 11.9. The number of nitrogens with one attached hydrogen (secondary N) is 1. The number of nitrogens with zero attached hydrogens (tertiary/aromatic N) is 4. The van der Waals surface area contributed by atoms with Crippen molar-refractivity contribution in [3.63, 3.8) is 0 Å². The van der Waals surface area contributed by atoms with Gasteiger partial charge in [0.1, 0.15) is 5.82 Å². The average Bonchev–Trinajstić information content (AvgIpc) is 3.35. The molecule has 0 saturated carbocycles. The Hall–Kier alpha value is -3.52. The Morgan fingerprint density at radius 2 is 1.86 bits per heavy atom. The number of benzene rings is 1. The van der Waals surface area contributed by atoms with Crippen molar-refractivity contribution in [3.05, 3.63) is 83.7 Å². The summed E-state index contributed by atoms with van der Waals surface area (Å²) in [4.78, 5) is 41.3. The van der Waals surface area contributed by atoms with Crippen LogP contribution in [0.25, 0.3) is 5.65 Å². The van der Waals surface area contributed by atoms with Crippen molar-refractivity contribution in [1.82, 2.24) is 19.4 Å². The van der Waals surface area contributed by atoms with E-state index in [9.17, 15) is 9.59 Å². The van der Waals surface area contributed by atoms with E-state index < -0.39 is 5.41 Å². The summed E-state index contributed by atoms with van der Waals surface area (Å²) >= 11 is 1.77. The number of Topliss-reactive ketones (excluding diaryl/α,β-unsaturated/α-hetero) is 1. The second-order valence-corrected chi connectivity index (χ2v) is 10.0. The third-order valence-corrected chi connectivity index (χ3v) is 7.57. The highest BCUT2D eigenvalue weighted by Gasteiger charge is 2.45. The predicted octanol–water partition coefficient (Wildman–Crippen LogP) is 4.89. The number of ketones is 1.